The molecule has 2 aromatic rings. The van der Waals surface area contributed by atoms with E-state index < -0.39 is 20.7 Å². The van der Waals surface area contributed by atoms with Crippen molar-refractivity contribution < 1.29 is 12.8 Å². The van der Waals surface area contributed by atoms with E-state index in [1.54, 1.807) is 0 Å². The predicted molar refractivity (Wildman–Crippen MR) is 77.0 cm³/mol. The molecule has 20 heavy (non-hydrogen) atoms. The Morgan fingerprint density at radius 2 is 2.10 bits per heavy atom. The third-order valence-corrected chi connectivity index (χ3v) is 5.65. The van der Waals surface area contributed by atoms with E-state index in [4.69, 9.17) is 11.6 Å². The summed E-state index contributed by atoms with van der Waals surface area (Å²) in [5, 5.41) is 0.472. The second-order valence-electron chi connectivity index (χ2n) is 4.12. The highest BCUT2D eigenvalue weighted by atomic mass is 35.5. The zero-order chi connectivity index (χ0) is 14.9. The summed E-state index contributed by atoms with van der Waals surface area (Å²) in [4.78, 5) is 4.70. The van der Waals surface area contributed by atoms with Gasteiger partial charge in [0.1, 0.15) is 15.7 Å². The first-order valence-electron chi connectivity index (χ1n) is 5.68. The number of halogens is 2. The average Bonchev–Trinajstić information content (AvgIpc) is 2.66. The number of sulfonamides is 1. The Morgan fingerprint density at radius 1 is 1.40 bits per heavy atom. The van der Waals surface area contributed by atoms with Gasteiger partial charge in [0.2, 0.25) is 10.0 Å². The zero-order valence-corrected chi connectivity index (χ0v) is 13.2. The molecule has 0 bridgehead atoms. The minimum absolute atomic E-state index is 0.00629. The molecule has 0 radical (unpaired) electrons. The molecular formula is C12H12ClFN2O2S2. The van der Waals surface area contributed by atoms with Crippen molar-refractivity contribution in [2.75, 3.05) is 0 Å². The molecule has 0 amide bonds. The lowest BCUT2D eigenvalue weighted by Gasteiger charge is -2.07. The van der Waals surface area contributed by atoms with E-state index in [-0.39, 0.29) is 11.6 Å². The van der Waals surface area contributed by atoms with Gasteiger partial charge < -0.3 is 0 Å². The van der Waals surface area contributed by atoms with Crippen LogP contribution < -0.4 is 4.72 Å². The summed E-state index contributed by atoms with van der Waals surface area (Å²) in [6, 6.07) is 3.74. The zero-order valence-electron chi connectivity index (χ0n) is 10.8. The Balaban J connectivity index is 2.24. The Morgan fingerprint density at radius 3 is 2.65 bits per heavy atom. The van der Waals surface area contributed by atoms with Crippen LogP contribution in [0, 0.1) is 19.7 Å². The Labute approximate surface area is 125 Å². The summed E-state index contributed by atoms with van der Waals surface area (Å²) in [6.07, 6.45) is 0. The number of aryl methyl sites for hydroxylation is 2. The summed E-state index contributed by atoms with van der Waals surface area (Å²) >= 11 is 7.15. The van der Waals surface area contributed by atoms with Crippen LogP contribution in [0.4, 0.5) is 4.39 Å². The number of thiazole rings is 1. The summed E-state index contributed by atoms with van der Waals surface area (Å²) in [7, 11) is -4.01. The van der Waals surface area contributed by atoms with Gasteiger partial charge in [-0.15, -0.1) is 11.3 Å². The van der Waals surface area contributed by atoms with E-state index >= 15 is 0 Å². The van der Waals surface area contributed by atoms with Crippen LogP contribution in [-0.4, -0.2) is 13.4 Å². The van der Waals surface area contributed by atoms with E-state index in [2.05, 4.69) is 9.71 Å². The van der Waals surface area contributed by atoms with Crippen molar-refractivity contribution in [1.29, 1.82) is 0 Å². The fraction of sp³-hybridized carbons (Fsp3) is 0.250. The van der Waals surface area contributed by atoms with E-state index in [0.29, 0.717) is 5.01 Å². The maximum atomic E-state index is 13.6. The Kier molecular flexibility index (Phi) is 4.43. The molecule has 108 valence electrons. The molecule has 0 aliphatic carbocycles. The van der Waals surface area contributed by atoms with Crippen molar-refractivity contribution in [3.8, 4) is 0 Å². The van der Waals surface area contributed by atoms with Crippen molar-refractivity contribution >= 4 is 33.0 Å². The molecule has 2 rings (SSSR count). The lowest BCUT2D eigenvalue weighted by Crippen LogP contribution is -2.24. The van der Waals surface area contributed by atoms with Gasteiger partial charge >= 0.3 is 0 Å². The normalized spacial score (nSPS) is 11.8. The molecule has 4 nitrogen and oxygen atoms in total. The minimum Gasteiger partial charge on any atom is -0.245 e. The molecule has 1 aromatic carbocycles. The van der Waals surface area contributed by atoms with Gasteiger partial charge in [-0.1, -0.05) is 17.7 Å². The smallest absolute Gasteiger partial charge is 0.245 e. The van der Waals surface area contributed by atoms with Gasteiger partial charge in [-0.05, 0) is 26.0 Å². The molecule has 0 aliphatic heterocycles. The SMILES string of the molecule is Cc1nc(CNS(=O)(=O)c2c(F)cccc2Cl)sc1C. The van der Waals surface area contributed by atoms with Crippen molar-refractivity contribution in [2.45, 2.75) is 25.3 Å². The predicted octanol–water partition coefficient (Wildman–Crippen LogP) is 3.03. The maximum Gasteiger partial charge on any atom is 0.245 e. The van der Waals surface area contributed by atoms with E-state index in [0.717, 1.165) is 16.6 Å². The molecule has 0 fully saturated rings. The number of nitrogens with one attached hydrogen (secondary N) is 1. The number of rotatable bonds is 4. The number of hydrogen-bond acceptors (Lipinski definition) is 4. The number of benzene rings is 1. The van der Waals surface area contributed by atoms with Gasteiger partial charge in [0.05, 0.1) is 17.3 Å². The van der Waals surface area contributed by atoms with E-state index in [1.165, 1.54) is 23.5 Å². The van der Waals surface area contributed by atoms with Crippen LogP contribution in [0.2, 0.25) is 5.02 Å². The number of nitrogens with zero attached hydrogens (tertiary/aromatic N) is 1. The molecule has 1 heterocycles. The number of hydrogen-bond donors (Lipinski definition) is 1. The van der Waals surface area contributed by atoms with Crippen molar-refractivity contribution in [3.63, 3.8) is 0 Å². The second-order valence-corrected chi connectivity index (χ2v) is 7.52. The van der Waals surface area contributed by atoms with E-state index in [9.17, 15) is 12.8 Å². The third kappa shape index (κ3) is 3.17. The average molecular weight is 335 g/mol. The maximum absolute atomic E-state index is 13.6. The second kappa shape index (κ2) is 5.77. The standard InChI is InChI=1S/C12H12ClFN2O2S2/c1-7-8(2)19-11(16-7)6-15-20(17,18)12-9(13)4-3-5-10(12)14/h3-5,15H,6H2,1-2H3. The molecule has 0 saturated heterocycles. The van der Waals surface area contributed by atoms with Crippen LogP contribution in [0.5, 0.6) is 0 Å². The molecule has 1 N–H and O–H groups in total. The lowest BCUT2D eigenvalue weighted by atomic mass is 10.3. The molecular weight excluding hydrogens is 323 g/mol. The van der Waals surface area contributed by atoms with Crippen LogP contribution in [0.25, 0.3) is 0 Å². The minimum atomic E-state index is -4.01. The Bertz CT molecular complexity index is 704. The Hall–Kier alpha value is -1.02. The van der Waals surface area contributed by atoms with Crippen LogP contribution in [0.3, 0.4) is 0 Å². The highest BCUT2D eigenvalue weighted by Crippen LogP contribution is 2.24. The van der Waals surface area contributed by atoms with Crippen molar-refractivity contribution in [2.24, 2.45) is 0 Å². The first-order valence-corrected chi connectivity index (χ1v) is 8.35. The largest absolute Gasteiger partial charge is 0.245 e. The van der Waals surface area contributed by atoms with Crippen LogP contribution in [0.15, 0.2) is 23.1 Å². The van der Waals surface area contributed by atoms with Crippen molar-refractivity contribution in [1.82, 2.24) is 9.71 Å². The fourth-order valence-corrected chi connectivity index (χ4v) is 4.14. The molecule has 0 aliphatic rings. The molecule has 0 unspecified atom stereocenters. The van der Waals surface area contributed by atoms with Crippen molar-refractivity contribution in [3.05, 3.63) is 44.6 Å². The molecule has 0 saturated carbocycles. The molecule has 8 heteroatoms. The summed E-state index contributed by atoms with van der Waals surface area (Å²) in [5.41, 5.74) is 0.855. The summed E-state index contributed by atoms with van der Waals surface area (Å²) < 4.78 is 40.1. The van der Waals surface area contributed by atoms with Crippen LogP contribution >= 0.6 is 22.9 Å². The lowest BCUT2D eigenvalue weighted by molar-refractivity contribution is 0.557. The van der Waals surface area contributed by atoms with Crippen LogP contribution in [0.1, 0.15) is 15.6 Å². The topological polar surface area (TPSA) is 59.1 Å². The van der Waals surface area contributed by atoms with Gasteiger partial charge in [-0.25, -0.2) is 22.5 Å². The van der Waals surface area contributed by atoms with Crippen LogP contribution in [-0.2, 0) is 16.6 Å². The van der Waals surface area contributed by atoms with Gasteiger partial charge in [-0.2, -0.15) is 0 Å². The molecule has 0 atom stereocenters. The summed E-state index contributed by atoms with van der Waals surface area (Å²) in [5.74, 6) is -0.878. The van der Waals surface area contributed by atoms with E-state index in [1.807, 2.05) is 13.8 Å². The highest BCUT2D eigenvalue weighted by molar-refractivity contribution is 7.89. The summed E-state index contributed by atoms with van der Waals surface area (Å²) in [6.45, 7) is 3.75. The van der Waals surface area contributed by atoms with Gasteiger partial charge in [0, 0.05) is 4.88 Å². The van der Waals surface area contributed by atoms with Gasteiger partial charge in [-0.3, -0.25) is 0 Å². The third-order valence-electron chi connectivity index (χ3n) is 2.67. The number of aromatic nitrogens is 1. The highest BCUT2D eigenvalue weighted by Gasteiger charge is 2.22. The quantitative estimate of drug-likeness (QED) is 0.935. The monoisotopic (exact) mass is 334 g/mol. The first kappa shape index (κ1) is 15.4. The molecule has 1 aromatic heterocycles. The fourth-order valence-electron chi connectivity index (χ4n) is 1.58. The molecule has 0 spiro atoms. The van der Waals surface area contributed by atoms with Gasteiger partial charge in [0.25, 0.3) is 0 Å². The van der Waals surface area contributed by atoms with Gasteiger partial charge in [0.15, 0.2) is 0 Å². The first-order chi connectivity index (χ1) is 9.31.